The van der Waals surface area contributed by atoms with E-state index < -0.39 is 0 Å². The van der Waals surface area contributed by atoms with Crippen LogP contribution < -0.4 is 0 Å². The second-order valence-corrected chi connectivity index (χ2v) is 7.82. The van der Waals surface area contributed by atoms with E-state index in [1.807, 2.05) is 29.6 Å². The fraction of sp³-hybridized carbons (Fsp3) is 0.238. The van der Waals surface area contributed by atoms with Crippen molar-refractivity contribution >= 4 is 28.8 Å². The molecule has 2 aromatic carbocycles. The molecule has 1 saturated heterocycles. The largest absolute Gasteiger partial charge is 0.370 e. The van der Waals surface area contributed by atoms with Crippen LogP contribution in [0.5, 0.6) is 0 Å². The van der Waals surface area contributed by atoms with Crippen molar-refractivity contribution in [3.8, 4) is 10.6 Å². The van der Waals surface area contributed by atoms with Crippen LogP contribution >= 0.6 is 22.9 Å². The Bertz CT molecular complexity index is 977. The summed E-state index contributed by atoms with van der Waals surface area (Å²) >= 11 is 7.71. The van der Waals surface area contributed by atoms with E-state index in [9.17, 15) is 9.18 Å². The van der Waals surface area contributed by atoms with Gasteiger partial charge in [0.15, 0.2) is 0 Å². The minimum Gasteiger partial charge on any atom is -0.370 e. The molecule has 0 saturated carbocycles. The first-order valence-corrected chi connectivity index (χ1v) is 10.2. The first-order valence-electron chi connectivity index (χ1n) is 8.94. The topological polar surface area (TPSA) is 42.4 Å². The van der Waals surface area contributed by atoms with Crippen LogP contribution in [0.15, 0.2) is 53.9 Å². The van der Waals surface area contributed by atoms with Gasteiger partial charge in [0.05, 0.1) is 30.3 Å². The Morgan fingerprint density at radius 2 is 2.04 bits per heavy atom. The number of thiazole rings is 1. The molecule has 4 nitrogen and oxygen atoms in total. The van der Waals surface area contributed by atoms with Crippen molar-refractivity contribution in [3.05, 3.63) is 76.0 Å². The average Bonchev–Trinajstić information content (AvgIpc) is 3.17. The summed E-state index contributed by atoms with van der Waals surface area (Å²) in [5.41, 5.74) is 2.47. The molecule has 7 heteroatoms. The molecule has 0 N–H and O–H groups in total. The van der Waals surface area contributed by atoms with Gasteiger partial charge in [-0.15, -0.1) is 11.3 Å². The highest BCUT2D eigenvalue weighted by Crippen LogP contribution is 2.30. The fourth-order valence-corrected chi connectivity index (χ4v) is 4.31. The standard InChI is InChI=1S/C21H18ClFN2O2S/c22-18-4-2-1-3-17(18)21-24-16(13-28-21)11-20(26)25-9-10-27-19(12-25)14-5-7-15(23)8-6-14/h1-8,13,19H,9-12H2/t19-/m0/s1. The maximum Gasteiger partial charge on any atom is 0.228 e. The number of morpholine rings is 1. The molecule has 1 aliphatic heterocycles. The fourth-order valence-electron chi connectivity index (χ4n) is 3.17. The quantitative estimate of drug-likeness (QED) is 0.616. The number of rotatable bonds is 4. The van der Waals surface area contributed by atoms with Crippen molar-refractivity contribution < 1.29 is 13.9 Å². The second-order valence-electron chi connectivity index (χ2n) is 6.55. The number of benzene rings is 2. The maximum atomic E-state index is 13.1. The average molecular weight is 417 g/mol. The molecule has 1 aromatic heterocycles. The lowest BCUT2D eigenvalue weighted by molar-refractivity contribution is -0.138. The summed E-state index contributed by atoms with van der Waals surface area (Å²) in [6, 6.07) is 13.7. The van der Waals surface area contributed by atoms with Crippen molar-refractivity contribution in [2.24, 2.45) is 0 Å². The number of nitrogens with zero attached hydrogens (tertiary/aromatic N) is 2. The molecule has 0 radical (unpaired) electrons. The van der Waals surface area contributed by atoms with Crippen LogP contribution in [0.25, 0.3) is 10.6 Å². The Labute approximate surface area is 171 Å². The summed E-state index contributed by atoms with van der Waals surface area (Å²) in [5, 5.41) is 3.35. The summed E-state index contributed by atoms with van der Waals surface area (Å²) in [6.07, 6.45) is -0.00990. The zero-order chi connectivity index (χ0) is 19.5. The Morgan fingerprint density at radius 3 is 2.82 bits per heavy atom. The van der Waals surface area contributed by atoms with Crippen LogP contribution in [-0.2, 0) is 16.0 Å². The van der Waals surface area contributed by atoms with Gasteiger partial charge >= 0.3 is 0 Å². The number of aromatic nitrogens is 1. The SMILES string of the molecule is O=C(Cc1csc(-c2ccccc2Cl)n1)N1CCO[C@H](c2ccc(F)cc2)C1. The molecule has 0 aliphatic carbocycles. The molecule has 1 aliphatic rings. The highest BCUT2D eigenvalue weighted by molar-refractivity contribution is 7.13. The molecule has 2 heterocycles. The number of halogens is 2. The number of hydrogen-bond donors (Lipinski definition) is 0. The van der Waals surface area contributed by atoms with Gasteiger partial charge in [-0.2, -0.15) is 0 Å². The van der Waals surface area contributed by atoms with E-state index >= 15 is 0 Å². The normalized spacial score (nSPS) is 16.9. The number of carbonyl (C=O) groups excluding carboxylic acids is 1. The van der Waals surface area contributed by atoms with Crippen LogP contribution in [0.3, 0.4) is 0 Å². The first kappa shape index (κ1) is 19.1. The molecule has 0 spiro atoms. The highest BCUT2D eigenvalue weighted by atomic mass is 35.5. The second kappa shape index (κ2) is 8.39. The molecule has 1 fully saturated rings. The molecule has 4 rings (SSSR count). The van der Waals surface area contributed by atoms with E-state index in [4.69, 9.17) is 16.3 Å². The minimum atomic E-state index is -0.287. The summed E-state index contributed by atoms with van der Waals surface area (Å²) in [6.45, 7) is 1.44. The van der Waals surface area contributed by atoms with E-state index in [0.717, 1.165) is 21.8 Å². The lowest BCUT2D eigenvalue weighted by Crippen LogP contribution is -2.43. The van der Waals surface area contributed by atoms with Gasteiger partial charge in [-0.3, -0.25) is 4.79 Å². The molecule has 28 heavy (non-hydrogen) atoms. The van der Waals surface area contributed by atoms with Gasteiger partial charge in [-0.05, 0) is 23.8 Å². The molecular formula is C21H18ClFN2O2S. The van der Waals surface area contributed by atoms with Crippen molar-refractivity contribution in [2.75, 3.05) is 19.7 Å². The lowest BCUT2D eigenvalue weighted by atomic mass is 10.1. The summed E-state index contributed by atoms with van der Waals surface area (Å²) in [5.74, 6) is -0.281. The molecule has 1 atom stereocenters. The van der Waals surface area contributed by atoms with Gasteiger partial charge in [-0.1, -0.05) is 41.9 Å². The van der Waals surface area contributed by atoms with Crippen LogP contribution in [0, 0.1) is 5.82 Å². The summed E-state index contributed by atoms with van der Waals surface area (Å²) < 4.78 is 18.9. The Hall–Kier alpha value is -2.28. The van der Waals surface area contributed by atoms with Gasteiger partial charge in [0.2, 0.25) is 5.91 Å². The van der Waals surface area contributed by atoms with Gasteiger partial charge in [0, 0.05) is 17.5 Å². The number of ether oxygens (including phenoxy) is 1. The number of amides is 1. The van der Waals surface area contributed by atoms with Crippen LogP contribution in [0.1, 0.15) is 17.4 Å². The van der Waals surface area contributed by atoms with E-state index in [1.165, 1.54) is 23.5 Å². The predicted molar refractivity (Wildman–Crippen MR) is 108 cm³/mol. The molecule has 0 bridgehead atoms. The molecule has 144 valence electrons. The van der Waals surface area contributed by atoms with Gasteiger partial charge < -0.3 is 9.64 Å². The van der Waals surface area contributed by atoms with Crippen molar-refractivity contribution in [1.29, 1.82) is 0 Å². The third-order valence-corrected chi connectivity index (χ3v) is 5.90. The van der Waals surface area contributed by atoms with Crippen molar-refractivity contribution in [2.45, 2.75) is 12.5 Å². The van der Waals surface area contributed by atoms with Crippen LogP contribution in [-0.4, -0.2) is 35.5 Å². The molecule has 3 aromatic rings. The lowest BCUT2D eigenvalue weighted by Gasteiger charge is -2.33. The summed E-state index contributed by atoms with van der Waals surface area (Å²) in [7, 11) is 0. The zero-order valence-electron chi connectivity index (χ0n) is 15.0. The van der Waals surface area contributed by atoms with E-state index in [1.54, 1.807) is 17.0 Å². The van der Waals surface area contributed by atoms with Crippen molar-refractivity contribution in [3.63, 3.8) is 0 Å². The molecular weight excluding hydrogens is 399 g/mol. The Balaban J connectivity index is 1.42. The Kier molecular flexibility index (Phi) is 5.71. The van der Waals surface area contributed by atoms with Crippen LogP contribution in [0.4, 0.5) is 4.39 Å². The van der Waals surface area contributed by atoms with Crippen molar-refractivity contribution in [1.82, 2.24) is 9.88 Å². The predicted octanol–water partition coefficient (Wildman–Crippen LogP) is 4.75. The first-order chi connectivity index (χ1) is 13.6. The molecule has 0 unspecified atom stereocenters. The number of carbonyl (C=O) groups is 1. The Morgan fingerprint density at radius 1 is 1.25 bits per heavy atom. The zero-order valence-corrected chi connectivity index (χ0v) is 16.5. The van der Waals surface area contributed by atoms with Gasteiger partial charge in [0.1, 0.15) is 16.9 Å². The van der Waals surface area contributed by atoms with E-state index in [2.05, 4.69) is 4.98 Å². The molecule has 1 amide bonds. The van der Waals surface area contributed by atoms with Gasteiger partial charge in [0.25, 0.3) is 0 Å². The monoisotopic (exact) mass is 416 g/mol. The minimum absolute atomic E-state index is 0.00594. The number of hydrogen-bond acceptors (Lipinski definition) is 4. The van der Waals surface area contributed by atoms with E-state index in [-0.39, 0.29) is 24.2 Å². The van der Waals surface area contributed by atoms with E-state index in [0.29, 0.717) is 24.7 Å². The smallest absolute Gasteiger partial charge is 0.228 e. The third-order valence-electron chi connectivity index (χ3n) is 4.65. The third kappa shape index (κ3) is 4.24. The highest BCUT2D eigenvalue weighted by Gasteiger charge is 2.26. The van der Waals surface area contributed by atoms with Crippen LogP contribution in [0.2, 0.25) is 5.02 Å². The van der Waals surface area contributed by atoms with Gasteiger partial charge in [-0.25, -0.2) is 9.37 Å². The maximum absolute atomic E-state index is 13.1. The summed E-state index contributed by atoms with van der Waals surface area (Å²) in [4.78, 5) is 19.1.